The van der Waals surface area contributed by atoms with Gasteiger partial charge in [0.25, 0.3) is 0 Å². The first-order valence-electron chi connectivity index (χ1n) is 16.0. The molecule has 0 spiro atoms. The lowest BCUT2D eigenvalue weighted by atomic mass is 10.0. The van der Waals surface area contributed by atoms with Crippen LogP contribution in [0.3, 0.4) is 0 Å². The van der Waals surface area contributed by atoms with Gasteiger partial charge in [0, 0.05) is 34.3 Å². The van der Waals surface area contributed by atoms with Crippen LogP contribution in [0.25, 0.3) is 10.9 Å². The van der Waals surface area contributed by atoms with Crippen LogP contribution in [-0.2, 0) is 39.3 Å². The van der Waals surface area contributed by atoms with Crippen molar-refractivity contribution in [3.8, 4) is 0 Å². The molecule has 0 unspecified atom stereocenters. The zero-order valence-corrected chi connectivity index (χ0v) is 28.9. The van der Waals surface area contributed by atoms with Crippen LogP contribution in [0.4, 0.5) is 14.5 Å². The van der Waals surface area contributed by atoms with Gasteiger partial charge >= 0.3 is 0 Å². The Morgan fingerprint density at radius 2 is 1.22 bits per heavy atom. The number of nitrogen functional groups attached to an aromatic ring is 1. The number of nitrogens with two attached hydrogens (primary N) is 1. The third kappa shape index (κ3) is 8.71. The molecule has 5 N–H and O–H groups in total. The van der Waals surface area contributed by atoms with Crippen LogP contribution in [0.15, 0.2) is 94.7 Å². The number of nitrogens with one attached hydrogen (secondary N) is 3. The van der Waals surface area contributed by atoms with Crippen molar-refractivity contribution >= 4 is 36.6 Å². The predicted octanol–water partition coefficient (Wildman–Crippen LogP) is 6.15. The summed E-state index contributed by atoms with van der Waals surface area (Å²) in [4.78, 5) is 0.409. The van der Waals surface area contributed by atoms with Crippen molar-refractivity contribution in [2.45, 2.75) is 79.7 Å². The molecule has 1 heterocycles. The van der Waals surface area contributed by atoms with Crippen LogP contribution >= 0.6 is 0 Å². The largest absolute Gasteiger partial charge is 0.398 e. The molecule has 0 aliphatic heterocycles. The SMILES string of the molecule is CC1(NS(=O)(=O)c2ccc(CCc3ccc(F)cc3)c(N)c2)CC1.CC1(NS(=O)(=O)c2ccc3c(Cc4ccc(F)cc4)[nH]nc3c2)CC1. The van der Waals surface area contributed by atoms with Crippen molar-refractivity contribution in [3.05, 3.63) is 119 Å². The summed E-state index contributed by atoms with van der Waals surface area (Å²) >= 11 is 0. The van der Waals surface area contributed by atoms with Crippen molar-refractivity contribution in [1.29, 1.82) is 0 Å². The normalized spacial score (nSPS) is 16.2. The van der Waals surface area contributed by atoms with Crippen LogP contribution in [-0.4, -0.2) is 38.1 Å². The van der Waals surface area contributed by atoms with E-state index in [0.717, 1.165) is 53.5 Å². The van der Waals surface area contributed by atoms with Gasteiger partial charge in [-0.05, 0) is 124 Å². The second-order valence-electron chi connectivity index (χ2n) is 13.5. The fraction of sp³-hybridized carbons (Fsp3) is 0.306. The quantitative estimate of drug-likeness (QED) is 0.121. The molecule has 13 heteroatoms. The number of benzene rings is 4. The molecule has 7 rings (SSSR count). The molecule has 9 nitrogen and oxygen atoms in total. The number of rotatable bonds is 11. The lowest BCUT2D eigenvalue weighted by molar-refractivity contribution is 0.556. The number of fused-ring (bicyclic) bond motifs is 1. The maximum atomic E-state index is 13.0. The molecule has 49 heavy (non-hydrogen) atoms. The second-order valence-corrected chi connectivity index (χ2v) is 16.9. The van der Waals surface area contributed by atoms with E-state index in [-0.39, 0.29) is 32.5 Å². The van der Waals surface area contributed by atoms with Gasteiger partial charge < -0.3 is 5.73 Å². The number of aromatic amines is 1. The average molecular weight is 708 g/mol. The zero-order chi connectivity index (χ0) is 35.0. The summed E-state index contributed by atoms with van der Waals surface area (Å²) in [5.74, 6) is -0.533. The van der Waals surface area contributed by atoms with Gasteiger partial charge in [-0.25, -0.2) is 35.1 Å². The number of hydrogen-bond acceptors (Lipinski definition) is 6. The van der Waals surface area contributed by atoms with E-state index < -0.39 is 20.0 Å². The predicted molar refractivity (Wildman–Crippen MR) is 186 cm³/mol. The summed E-state index contributed by atoms with van der Waals surface area (Å²) in [6, 6.07) is 22.4. The molecule has 0 amide bonds. The zero-order valence-electron chi connectivity index (χ0n) is 27.3. The molecular weight excluding hydrogens is 669 g/mol. The maximum Gasteiger partial charge on any atom is 0.241 e. The van der Waals surface area contributed by atoms with Gasteiger partial charge in [0.05, 0.1) is 15.3 Å². The van der Waals surface area contributed by atoms with Crippen LogP contribution in [0.2, 0.25) is 0 Å². The Morgan fingerprint density at radius 3 is 1.76 bits per heavy atom. The van der Waals surface area contributed by atoms with Gasteiger partial charge in [-0.15, -0.1) is 0 Å². The molecular formula is C36H39F2N5O4S2. The van der Waals surface area contributed by atoms with Crippen LogP contribution in [0, 0.1) is 11.6 Å². The molecule has 4 aromatic carbocycles. The van der Waals surface area contributed by atoms with E-state index in [0.29, 0.717) is 30.5 Å². The molecule has 2 saturated carbocycles. The minimum atomic E-state index is -3.55. The monoisotopic (exact) mass is 707 g/mol. The molecule has 2 aliphatic rings. The molecule has 0 radical (unpaired) electrons. The van der Waals surface area contributed by atoms with Crippen molar-refractivity contribution in [2.24, 2.45) is 0 Å². The smallest absolute Gasteiger partial charge is 0.241 e. The molecule has 2 aliphatic carbocycles. The highest BCUT2D eigenvalue weighted by Gasteiger charge is 2.42. The molecule has 0 atom stereocenters. The third-order valence-corrected chi connectivity index (χ3v) is 12.3. The molecule has 0 bridgehead atoms. The Bertz CT molecular complexity index is 2200. The number of halogens is 2. The van der Waals surface area contributed by atoms with Gasteiger partial charge in [-0.3, -0.25) is 5.10 Å². The molecule has 5 aromatic rings. The van der Waals surface area contributed by atoms with Crippen LogP contribution in [0.5, 0.6) is 0 Å². The molecule has 258 valence electrons. The van der Waals surface area contributed by atoms with Crippen molar-refractivity contribution in [3.63, 3.8) is 0 Å². The Labute approximate surface area is 285 Å². The van der Waals surface area contributed by atoms with E-state index in [1.165, 1.54) is 30.3 Å². The summed E-state index contributed by atoms with van der Waals surface area (Å²) in [5.41, 5.74) is 10.2. The van der Waals surface area contributed by atoms with Gasteiger partial charge in [0.1, 0.15) is 11.6 Å². The van der Waals surface area contributed by atoms with E-state index in [1.54, 1.807) is 54.6 Å². The highest BCUT2D eigenvalue weighted by Crippen LogP contribution is 2.37. The minimum Gasteiger partial charge on any atom is -0.398 e. The first-order valence-corrected chi connectivity index (χ1v) is 19.0. The number of H-pyrrole nitrogens is 1. The Morgan fingerprint density at radius 1 is 0.714 bits per heavy atom. The van der Waals surface area contributed by atoms with Crippen LogP contribution < -0.4 is 15.2 Å². The van der Waals surface area contributed by atoms with Crippen molar-refractivity contribution in [2.75, 3.05) is 5.73 Å². The van der Waals surface area contributed by atoms with Crippen LogP contribution in [0.1, 0.15) is 61.9 Å². The summed E-state index contributed by atoms with van der Waals surface area (Å²) in [5, 5.41) is 8.05. The average Bonchev–Trinajstić information content (AvgIpc) is 3.93. The minimum absolute atomic E-state index is 0.193. The Balaban J connectivity index is 0.000000170. The summed E-state index contributed by atoms with van der Waals surface area (Å²) < 4.78 is 81.0. The summed E-state index contributed by atoms with van der Waals surface area (Å²) in [7, 11) is -7.09. The standard InChI is InChI=1S/C18H18FN3O2S.C18H21FN2O2S/c1-18(8-9-18)22-25(23,24)14-6-7-15-16(20-21-17(15)11-14)10-12-2-4-13(19)5-3-12;1-18(10-11-18)21-24(22,23)16-9-6-14(17(20)12-16)5-2-13-3-7-15(19)8-4-13/h2-7,11,22H,8-10H2,1H3,(H,20,21);3-4,6-9,12,21H,2,5,10-11,20H2,1H3. The molecule has 1 aromatic heterocycles. The maximum absolute atomic E-state index is 13.0. The fourth-order valence-corrected chi connectivity index (χ4v) is 8.38. The number of aryl methyl sites for hydroxylation is 2. The lowest BCUT2D eigenvalue weighted by Gasteiger charge is -2.14. The van der Waals surface area contributed by atoms with E-state index in [9.17, 15) is 25.6 Å². The van der Waals surface area contributed by atoms with E-state index in [2.05, 4.69) is 19.6 Å². The van der Waals surface area contributed by atoms with Gasteiger partial charge in [0.2, 0.25) is 20.0 Å². The highest BCUT2D eigenvalue weighted by atomic mass is 32.2. The first-order chi connectivity index (χ1) is 23.1. The number of hydrogen-bond donors (Lipinski definition) is 4. The number of sulfonamides is 2. The Kier molecular flexibility index (Phi) is 9.40. The summed E-state index contributed by atoms with van der Waals surface area (Å²) in [6.07, 6.45) is 5.39. The van der Waals surface area contributed by atoms with E-state index in [1.807, 2.05) is 13.8 Å². The van der Waals surface area contributed by atoms with E-state index >= 15 is 0 Å². The third-order valence-electron chi connectivity index (χ3n) is 9.00. The Hall–Kier alpha value is -4.17. The first kappa shape index (κ1) is 34.7. The van der Waals surface area contributed by atoms with Crippen molar-refractivity contribution in [1.82, 2.24) is 19.6 Å². The van der Waals surface area contributed by atoms with Gasteiger partial charge in [0.15, 0.2) is 0 Å². The molecule has 2 fully saturated rings. The lowest BCUT2D eigenvalue weighted by Crippen LogP contribution is -2.34. The highest BCUT2D eigenvalue weighted by molar-refractivity contribution is 7.89. The topological polar surface area (TPSA) is 147 Å². The second kappa shape index (κ2) is 13.3. The van der Waals surface area contributed by atoms with Gasteiger partial charge in [-0.1, -0.05) is 30.3 Å². The fourth-order valence-electron chi connectivity index (χ4n) is 5.40. The number of aromatic nitrogens is 2. The van der Waals surface area contributed by atoms with Crippen molar-refractivity contribution < 1.29 is 25.6 Å². The number of nitrogens with zero attached hydrogens (tertiary/aromatic N) is 1. The number of anilines is 1. The van der Waals surface area contributed by atoms with Gasteiger partial charge in [-0.2, -0.15) is 5.10 Å². The summed E-state index contributed by atoms with van der Waals surface area (Å²) in [6.45, 7) is 3.80. The molecule has 0 saturated heterocycles. The van der Waals surface area contributed by atoms with E-state index in [4.69, 9.17) is 5.73 Å².